The van der Waals surface area contributed by atoms with Crippen LogP contribution in [0.15, 0.2) is 9.98 Å². The Morgan fingerprint density at radius 2 is 1.13 bits per heavy atom. The van der Waals surface area contributed by atoms with Gasteiger partial charge in [-0.05, 0) is 111 Å². The monoisotopic (exact) mass is 867 g/mol. The Balaban J connectivity index is 0.000000711. The van der Waals surface area contributed by atoms with E-state index in [1.807, 2.05) is 83.6 Å². The van der Waals surface area contributed by atoms with E-state index >= 15 is 0 Å². The predicted molar refractivity (Wildman–Crippen MR) is 235 cm³/mol. The van der Waals surface area contributed by atoms with Gasteiger partial charge in [0.1, 0.15) is 17.6 Å². The number of cyclic esters (lactones) is 2. The van der Waals surface area contributed by atoms with Gasteiger partial charge >= 0.3 is 12.1 Å². The number of Topliss-reactive ketones (excluding diaryl/α,β-unsaturated/α-hetero) is 4. The van der Waals surface area contributed by atoms with Gasteiger partial charge in [0.05, 0.1) is 30.0 Å². The zero-order valence-corrected chi connectivity index (χ0v) is 41.1. The number of hydrogen-bond acceptors (Lipinski definition) is 15. The lowest BCUT2D eigenvalue weighted by Crippen LogP contribution is -2.55. The molecule has 350 valence electrons. The molecule has 3 saturated heterocycles. The molecule has 17 nitrogen and oxygen atoms in total. The molecule has 0 aliphatic carbocycles. The molecule has 0 aromatic carbocycles. The van der Waals surface area contributed by atoms with Crippen LogP contribution >= 0.6 is 0 Å². The van der Waals surface area contributed by atoms with Crippen molar-refractivity contribution in [2.45, 2.75) is 178 Å². The van der Waals surface area contributed by atoms with Crippen LogP contribution in [0.3, 0.4) is 0 Å². The van der Waals surface area contributed by atoms with Gasteiger partial charge < -0.3 is 33.6 Å². The molecular formula is C44H78N6O11. The van der Waals surface area contributed by atoms with Crippen molar-refractivity contribution in [2.75, 3.05) is 35.2 Å². The van der Waals surface area contributed by atoms with Crippen LogP contribution in [0, 0.1) is 17.8 Å². The quantitative estimate of drug-likeness (QED) is 0.260. The Kier molecular flexibility index (Phi) is 22.9. The number of β-lactam (4-membered cyclic amide) rings is 1. The molecule has 0 N–H and O–H groups in total. The third-order valence-electron chi connectivity index (χ3n) is 12.2. The van der Waals surface area contributed by atoms with Gasteiger partial charge in [0.15, 0.2) is 41.4 Å². The summed E-state index contributed by atoms with van der Waals surface area (Å²) in [5.74, 6) is 1.85. The first kappa shape index (κ1) is 56.9. The molecule has 61 heavy (non-hydrogen) atoms. The van der Waals surface area contributed by atoms with Crippen LogP contribution in [-0.4, -0.2) is 168 Å². The highest BCUT2D eigenvalue weighted by molar-refractivity contribution is 5.91. The number of carbonyl (C=O) groups excluding carboxylic acids is 7. The van der Waals surface area contributed by atoms with E-state index in [1.54, 1.807) is 46.6 Å². The minimum Gasteiger partial charge on any atom is -0.468 e. The Labute approximate surface area is 365 Å². The number of amides is 2. The van der Waals surface area contributed by atoms with E-state index in [2.05, 4.69) is 33.6 Å². The molecule has 5 rings (SSSR count). The standard InChI is InChI=1S/C9H17NO2.C8H17NO.C7H11NO3.2C7H11NO2.C6H11NO/c1-6-8(7(2)11)12-9(3,4)10(6)5;1-6(8(3)10)7(2)9(4)5;1-4-6(5(2)9)11-7(10)8(4)3;1-4-7(5(2)9)10-6(3)8-4;1-4-5(2)8-6(3)10-7(4)9;1-4-5(2)7(3)6(4)8/h6,8H,1-5H3;6-7H,1-5H3;4,6H,1-3H3;4,7H,1-3H3;4-5H,1-3H3;4-5H,1-3H3/t;6-,7+;;;;/m.1..../s1. The molecule has 12 atom stereocenters. The lowest BCUT2D eigenvalue weighted by Gasteiger charge is -2.40. The molecule has 10 unspecified atom stereocenters. The third-order valence-corrected chi connectivity index (χ3v) is 12.2. The van der Waals surface area contributed by atoms with Gasteiger partial charge in [0.2, 0.25) is 5.91 Å². The van der Waals surface area contributed by atoms with Gasteiger partial charge in [0.25, 0.3) is 0 Å². The summed E-state index contributed by atoms with van der Waals surface area (Å²) in [7, 11) is 9.42. The summed E-state index contributed by atoms with van der Waals surface area (Å²) >= 11 is 0. The van der Waals surface area contributed by atoms with Gasteiger partial charge in [-0.3, -0.25) is 38.7 Å². The smallest absolute Gasteiger partial charge is 0.410 e. The normalized spacial score (nSPS) is 30.7. The maximum atomic E-state index is 11.1. The predicted octanol–water partition coefficient (Wildman–Crippen LogP) is 4.86. The SMILES string of the molecule is CC(=O)C1OC(=O)N(C)C1C.CC(=O)C1OC(C)(C)N(C)C1C.CC(=O)C1OC(C)=NC1C.CC(=O)[C@H](C)[C@H](C)N(C)C.CC1=NC(C)C(C)C(=O)O1.CC1C(=O)N(C)C1C. The van der Waals surface area contributed by atoms with Crippen molar-refractivity contribution in [3.8, 4) is 0 Å². The van der Waals surface area contributed by atoms with Crippen molar-refractivity contribution >= 4 is 52.9 Å². The van der Waals surface area contributed by atoms with Crippen molar-refractivity contribution in [3.05, 3.63) is 0 Å². The number of esters is 1. The molecule has 2 amide bonds. The molecule has 3 fully saturated rings. The topological polar surface area (TPSA) is 194 Å². The van der Waals surface area contributed by atoms with E-state index in [-0.39, 0.29) is 94.9 Å². The largest absolute Gasteiger partial charge is 0.468 e. The Hall–Kier alpha value is -4.09. The van der Waals surface area contributed by atoms with Crippen molar-refractivity contribution in [1.29, 1.82) is 0 Å². The Morgan fingerprint density at radius 1 is 0.656 bits per heavy atom. The minimum atomic E-state index is -0.576. The maximum Gasteiger partial charge on any atom is 0.410 e. The number of rotatable bonds is 6. The molecule has 0 radical (unpaired) electrons. The van der Waals surface area contributed by atoms with E-state index in [4.69, 9.17) is 18.9 Å². The second-order valence-electron chi connectivity index (χ2n) is 17.4. The summed E-state index contributed by atoms with van der Waals surface area (Å²) < 4.78 is 20.3. The molecule has 5 aliphatic heterocycles. The van der Waals surface area contributed by atoms with Crippen LogP contribution in [0.2, 0.25) is 0 Å². The number of likely N-dealkylation sites (N-methyl/N-ethyl adjacent to an activating group) is 2. The van der Waals surface area contributed by atoms with Crippen molar-refractivity contribution in [3.63, 3.8) is 0 Å². The molecule has 5 aliphatic rings. The van der Waals surface area contributed by atoms with Crippen LogP contribution in [0.25, 0.3) is 0 Å². The zero-order valence-electron chi connectivity index (χ0n) is 41.1. The average molecular weight is 867 g/mol. The molecule has 0 saturated carbocycles. The third kappa shape index (κ3) is 16.6. The van der Waals surface area contributed by atoms with E-state index in [9.17, 15) is 33.6 Å². The molecule has 0 bridgehead atoms. The van der Waals surface area contributed by atoms with E-state index < -0.39 is 12.2 Å². The van der Waals surface area contributed by atoms with Crippen LogP contribution in [0.1, 0.15) is 118 Å². The van der Waals surface area contributed by atoms with Gasteiger partial charge in [-0.25, -0.2) is 9.79 Å². The van der Waals surface area contributed by atoms with Gasteiger partial charge in [-0.1, -0.05) is 13.8 Å². The summed E-state index contributed by atoms with van der Waals surface area (Å²) in [5, 5.41) is 0. The second kappa shape index (κ2) is 24.5. The zero-order chi connectivity index (χ0) is 48.2. The Morgan fingerprint density at radius 3 is 1.34 bits per heavy atom. The maximum absolute atomic E-state index is 11.1. The molecule has 0 aromatic rings. The van der Waals surface area contributed by atoms with E-state index in [1.165, 1.54) is 18.7 Å². The number of hydrogen-bond donors (Lipinski definition) is 0. The average Bonchev–Trinajstić information content (AvgIpc) is 3.73. The van der Waals surface area contributed by atoms with E-state index in [0.717, 1.165) is 0 Å². The second-order valence-corrected chi connectivity index (χ2v) is 17.4. The number of ether oxygens (including phenoxy) is 4. The van der Waals surface area contributed by atoms with Gasteiger partial charge in [-0.2, -0.15) is 0 Å². The Bertz CT molecular complexity index is 1600. The highest BCUT2D eigenvalue weighted by atomic mass is 16.6. The van der Waals surface area contributed by atoms with Crippen molar-refractivity contribution in [1.82, 2.24) is 19.6 Å². The number of ketones is 4. The molecule has 17 heteroatoms. The summed E-state index contributed by atoms with van der Waals surface area (Å²) in [6, 6.07) is 0.913. The number of aliphatic imine (C=N–C) groups is 2. The molecule has 0 aromatic heterocycles. The van der Waals surface area contributed by atoms with Gasteiger partial charge in [0, 0.05) is 52.0 Å². The fourth-order valence-corrected chi connectivity index (χ4v) is 6.41. The molecular weight excluding hydrogens is 789 g/mol. The lowest BCUT2D eigenvalue weighted by molar-refractivity contribution is -0.150. The first-order valence-electron chi connectivity index (χ1n) is 21.0. The number of nitrogens with zero attached hydrogens (tertiary/aromatic N) is 6. The highest BCUT2D eigenvalue weighted by Crippen LogP contribution is 2.30. The van der Waals surface area contributed by atoms with Crippen molar-refractivity contribution < 1.29 is 52.5 Å². The summed E-state index contributed by atoms with van der Waals surface area (Å²) in [4.78, 5) is 91.6. The summed E-state index contributed by atoms with van der Waals surface area (Å²) in [6.45, 7) is 31.1. The van der Waals surface area contributed by atoms with Crippen LogP contribution < -0.4 is 0 Å². The van der Waals surface area contributed by atoms with Crippen molar-refractivity contribution in [2.24, 2.45) is 27.7 Å². The van der Waals surface area contributed by atoms with Crippen LogP contribution in [-0.2, 0) is 47.7 Å². The lowest BCUT2D eigenvalue weighted by atomic mass is 9.92. The minimum absolute atomic E-state index is 0.00231. The van der Waals surface area contributed by atoms with Crippen LogP contribution in [0.4, 0.5) is 4.79 Å². The molecule has 5 heterocycles. The first-order valence-corrected chi connectivity index (χ1v) is 21.0. The van der Waals surface area contributed by atoms with Gasteiger partial charge in [-0.15, -0.1) is 0 Å². The van der Waals surface area contributed by atoms with Crippen LogP contribution in [0.5, 0.6) is 0 Å². The number of carbonyl (C=O) groups is 7. The summed E-state index contributed by atoms with van der Waals surface area (Å²) in [5.41, 5.74) is -0.310. The summed E-state index contributed by atoms with van der Waals surface area (Å²) in [6.07, 6.45) is -1.59. The fourth-order valence-electron chi connectivity index (χ4n) is 6.41. The first-order chi connectivity index (χ1) is 27.7. The number of likely N-dealkylation sites (tertiary alicyclic amines) is 1. The van der Waals surface area contributed by atoms with E-state index in [0.29, 0.717) is 23.9 Å². The molecule has 0 spiro atoms. The highest BCUT2D eigenvalue weighted by Gasteiger charge is 2.44. The fraction of sp³-hybridized carbons (Fsp3) is 0.795.